The van der Waals surface area contributed by atoms with E-state index in [0.29, 0.717) is 13.0 Å². The molecular formula is C10H20BrNO2. The first-order valence-electron chi connectivity index (χ1n) is 5.08. The molecular weight excluding hydrogens is 246 g/mol. The standard InChI is InChI=1S/C10H20BrNO2/c1-3-4-5-10(13)12-9(6-7-11)8-14-2/h9H,3-8H2,1-2H3,(H,12,13). The number of methoxy groups -OCH3 is 1. The second-order valence-corrected chi connectivity index (χ2v) is 4.09. The van der Waals surface area contributed by atoms with Crippen LogP contribution in [0.5, 0.6) is 0 Å². The van der Waals surface area contributed by atoms with E-state index < -0.39 is 0 Å². The van der Waals surface area contributed by atoms with Crippen LogP contribution in [0.4, 0.5) is 0 Å². The lowest BCUT2D eigenvalue weighted by atomic mass is 10.2. The molecule has 1 atom stereocenters. The third-order valence-electron chi connectivity index (χ3n) is 1.95. The van der Waals surface area contributed by atoms with Gasteiger partial charge in [0.15, 0.2) is 0 Å². The average molecular weight is 266 g/mol. The molecule has 0 rings (SSSR count). The molecule has 0 fully saturated rings. The summed E-state index contributed by atoms with van der Waals surface area (Å²) in [6.07, 6.45) is 3.55. The third kappa shape index (κ3) is 7.33. The molecule has 84 valence electrons. The van der Waals surface area contributed by atoms with Crippen LogP contribution in [-0.4, -0.2) is 31.0 Å². The minimum Gasteiger partial charge on any atom is -0.383 e. The quantitative estimate of drug-likeness (QED) is 0.683. The van der Waals surface area contributed by atoms with Gasteiger partial charge in [0.05, 0.1) is 12.6 Å². The van der Waals surface area contributed by atoms with Gasteiger partial charge in [-0.25, -0.2) is 0 Å². The number of alkyl halides is 1. The number of hydrogen-bond donors (Lipinski definition) is 1. The van der Waals surface area contributed by atoms with Crippen molar-refractivity contribution in [3.05, 3.63) is 0 Å². The van der Waals surface area contributed by atoms with Gasteiger partial charge in [0, 0.05) is 18.9 Å². The lowest BCUT2D eigenvalue weighted by Crippen LogP contribution is -2.38. The summed E-state index contributed by atoms with van der Waals surface area (Å²) in [4.78, 5) is 11.4. The summed E-state index contributed by atoms with van der Waals surface area (Å²) < 4.78 is 5.03. The summed E-state index contributed by atoms with van der Waals surface area (Å²) >= 11 is 3.36. The van der Waals surface area contributed by atoms with Crippen molar-refractivity contribution >= 4 is 21.8 Å². The maximum absolute atomic E-state index is 11.4. The Hall–Kier alpha value is -0.0900. The summed E-state index contributed by atoms with van der Waals surface area (Å²) in [6, 6.07) is 0.142. The highest BCUT2D eigenvalue weighted by Gasteiger charge is 2.10. The molecule has 4 heteroatoms. The summed E-state index contributed by atoms with van der Waals surface area (Å²) in [6.45, 7) is 2.67. The molecule has 0 aliphatic heterocycles. The fraction of sp³-hybridized carbons (Fsp3) is 0.900. The molecule has 0 aliphatic carbocycles. The van der Waals surface area contributed by atoms with Crippen molar-refractivity contribution in [3.63, 3.8) is 0 Å². The fourth-order valence-electron chi connectivity index (χ4n) is 1.17. The van der Waals surface area contributed by atoms with Crippen molar-refractivity contribution in [1.29, 1.82) is 0 Å². The van der Waals surface area contributed by atoms with Crippen LogP contribution in [0.1, 0.15) is 32.6 Å². The van der Waals surface area contributed by atoms with E-state index in [4.69, 9.17) is 4.74 Å². The maximum Gasteiger partial charge on any atom is 0.220 e. The highest BCUT2D eigenvalue weighted by atomic mass is 79.9. The minimum absolute atomic E-state index is 0.134. The van der Waals surface area contributed by atoms with Gasteiger partial charge < -0.3 is 10.1 Å². The molecule has 0 aromatic rings. The molecule has 1 unspecified atom stereocenters. The van der Waals surface area contributed by atoms with Gasteiger partial charge in [-0.3, -0.25) is 4.79 Å². The Kier molecular flexibility index (Phi) is 9.40. The van der Waals surface area contributed by atoms with Crippen LogP contribution in [0.3, 0.4) is 0 Å². The molecule has 14 heavy (non-hydrogen) atoms. The summed E-state index contributed by atoms with van der Waals surface area (Å²) in [5.74, 6) is 0.134. The van der Waals surface area contributed by atoms with E-state index >= 15 is 0 Å². The molecule has 0 aromatic carbocycles. The Labute approximate surface area is 94.7 Å². The first-order valence-corrected chi connectivity index (χ1v) is 6.21. The third-order valence-corrected chi connectivity index (χ3v) is 2.41. The van der Waals surface area contributed by atoms with E-state index in [1.54, 1.807) is 7.11 Å². The molecule has 0 bridgehead atoms. The molecule has 0 radical (unpaired) electrons. The number of ether oxygens (including phenoxy) is 1. The van der Waals surface area contributed by atoms with Gasteiger partial charge in [-0.05, 0) is 12.8 Å². The van der Waals surface area contributed by atoms with Gasteiger partial charge in [-0.2, -0.15) is 0 Å². The van der Waals surface area contributed by atoms with Gasteiger partial charge in [-0.1, -0.05) is 29.3 Å². The molecule has 1 N–H and O–H groups in total. The Morgan fingerprint density at radius 1 is 1.57 bits per heavy atom. The van der Waals surface area contributed by atoms with Crippen molar-refractivity contribution in [2.45, 2.75) is 38.6 Å². The highest BCUT2D eigenvalue weighted by Crippen LogP contribution is 1.99. The first kappa shape index (κ1) is 13.9. The lowest BCUT2D eigenvalue weighted by molar-refractivity contribution is -0.122. The molecule has 0 spiro atoms. The number of nitrogens with one attached hydrogen (secondary N) is 1. The van der Waals surface area contributed by atoms with E-state index in [1.807, 2.05) is 0 Å². The van der Waals surface area contributed by atoms with Crippen molar-refractivity contribution in [2.24, 2.45) is 0 Å². The summed E-state index contributed by atoms with van der Waals surface area (Å²) in [5.41, 5.74) is 0. The Bertz CT molecular complexity index is 147. The topological polar surface area (TPSA) is 38.3 Å². The number of rotatable bonds is 8. The number of halogens is 1. The predicted molar refractivity (Wildman–Crippen MR) is 61.7 cm³/mol. The normalized spacial score (nSPS) is 12.5. The Morgan fingerprint density at radius 2 is 2.29 bits per heavy atom. The largest absolute Gasteiger partial charge is 0.383 e. The van der Waals surface area contributed by atoms with Crippen LogP contribution < -0.4 is 5.32 Å². The smallest absolute Gasteiger partial charge is 0.220 e. The number of amides is 1. The van der Waals surface area contributed by atoms with Crippen molar-refractivity contribution < 1.29 is 9.53 Å². The highest BCUT2D eigenvalue weighted by molar-refractivity contribution is 9.09. The van der Waals surface area contributed by atoms with Gasteiger partial charge >= 0.3 is 0 Å². The van der Waals surface area contributed by atoms with Crippen LogP contribution in [0, 0.1) is 0 Å². The van der Waals surface area contributed by atoms with E-state index in [0.717, 1.165) is 24.6 Å². The van der Waals surface area contributed by atoms with E-state index in [-0.39, 0.29) is 11.9 Å². The van der Waals surface area contributed by atoms with Crippen molar-refractivity contribution in [2.75, 3.05) is 19.0 Å². The van der Waals surface area contributed by atoms with Gasteiger partial charge in [0.2, 0.25) is 5.91 Å². The summed E-state index contributed by atoms with van der Waals surface area (Å²) in [5, 5.41) is 3.84. The fourth-order valence-corrected chi connectivity index (χ4v) is 1.72. The number of carbonyl (C=O) groups excluding carboxylic acids is 1. The second-order valence-electron chi connectivity index (χ2n) is 3.30. The van der Waals surface area contributed by atoms with E-state index in [2.05, 4.69) is 28.2 Å². The van der Waals surface area contributed by atoms with Crippen LogP contribution in [0.15, 0.2) is 0 Å². The second kappa shape index (κ2) is 9.46. The maximum atomic E-state index is 11.4. The Morgan fingerprint density at radius 3 is 2.79 bits per heavy atom. The predicted octanol–water partition coefficient (Wildman–Crippen LogP) is 2.09. The molecule has 1 amide bonds. The summed E-state index contributed by atoms with van der Waals surface area (Å²) in [7, 11) is 1.65. The SMILES string of the molecule is CCCCC(=O)NC(CCBr)COC. The van der Waals surface area contributed by atoms with Gasteiger partial charge in [0.25, 0.3) is 0 Å². The zero-order valence-electron chi connectivity index (χ0n) is 9.01. The van der Waals surface area contributed by atoms with Gasteiger partial charge in [0.1, 0.15) is 0 Å². The molecule has 0 heterocycles. The molecule has 0 saturated heterocycles. The number of unbranched alkanes of at least 4 members (excludes halogenated alkanes) is 1. The zero-order valence-corrected chi connectivity index (χ0v) is 10.6. The Balaban J connectivity index is 3.71. The van der Waals surface area contributed by atoms with Crippen LogP contribution >= 0.6 is 15.9 Å². The number of carbonyl (C=O) groups is 1. The molecule has 0 aromatic heterocycles. The first-order chi connectivity index (χ1) is 6.74. The van der Waals surface area contributed by atoms with Gasteiger partial charge in [-0.15, -0.1) is 0 Å². The van der Waals surface area contributed by atoms with E-state index in [1.165, 1.54) is 0 Å². The molecule has 0 saturated carbocycles. The van der Waals surface area contributed by atoms with Crippen LogP contribution in [-0.2, 0) is 9.53 Å². The zero-order chi connectivity index (χ0) is 10.8. The van der Waals surface area contributed by atoms with Crippen LogP contribution in [0.2, 0.25) is 0 Å². The van der Waals surface area contributed by atoms with Crippen molar-refractivity contribution in [3.8, 4) is 0 Å². The van der Waals surface area contributed by atoms with E-state index in [9.17, 15) is 4.79 Å². The minimum atomic E-state index is 0.134. The van der Waals surface area contributed by atoms with Crippen molar-refractivity contribution in [1.82, 2.24) is 5.32 Å². The molecule has 0 aliphatic rings. The average Bonchev–Trinajstić information content (AvgIpc) is 2.15. The monoisotopic (exact) mass is 265 g/mol. The molecule has 3 nitrogen and oxygen atoms in total. The van der Waals surface area contributed by atoms with Crippen LogP contribution in [0.25, 0.3) is 0 Å². The lowest BCUT2D eigenvalue weighted by Gasteiger charge is -2.16. The number of hydrogen-bond acceptors (Lipinski definition) is 2.